The number of hydrogen-bond donors (Lipinski definition) is 0. The second-order valence-corrected chi connectivity index (χ2v) is 6.80. The minimum Gasteiger partial charge on any atom is -0.433 e. The molecule has 1 saturated heterocycles. The summed E-state index contributed by atoms with van der Waals surface area (Å²) >= 11 is 0. The van der Waals surface area contributed by atoms with Crippen molar-refractivity contribution >= 4 is 6.92 Å². The minimum atomic E-state index is 0.407. The van der Waals surface area contributed by atoms with E-state index in [1.54, 1.807) is 0 Å². The van der Waals surface area contributed by atoms with E-state index in [0.29, 0.717) is 23.8 Å². The summed E-state index contributed by atoms with van der Waals surface area (Å²) in [6.07, 6.45) is 4.62. The van der Waals surface area contributed by atoms with E-state index in [4.69, 9.17) is 4.65 Å². The molecule has 90 valence electrons. The van der Waals surface area contributed by atoms with Crippen LogP contribution in [0.15, 0.2) is 12.7 Å². The van der Waals surface area contributed by atoms with Crippen LogP contribution in [-0.2, 0) is 4.65 Å². The summed E-state index contributed by atoms with van der Waals surface area (Å²) in [7, 11) is 0. The first kappa shape index (κ1) is 12.2. The SMILES string of the molecule is C=CCC1CC2C(B(C)O1)C(C)(C)C2(C)C. The maximum atomic E-state index is 6.12. The monoisotopic (exact) mass is 220 g/mol. The van der Waals surface area contributed by atoms with E-state index in [0.717, 1.165) is 18.2 Å². The fourth-order valence-electron chi connectivity index (χ4n) is 4.18. The van der Waals surface area contributed by atoms with Crippen molar-refractivity contribution in [3.05, 3.63) is 12.7 Å². The predicted molar refractivity (Wildman–Crippen MR) is 70.7 cm³/mol. The van der Waals surface area contributed by atoms with Crippen molar-refractivity contribution in [2.75, 3.05) is 0 Å². The van der Waals surface area contributed by atoms with Crippen LogP contribution in [0.25, 0.3) is 0 Å². The Labute approximate surface area is 101 Å². The van der Waals surface area contributed by atoms with Gasteiger partial charge in [0.1, 0.15) is 0 Å². The smallest absolute Gasteiger partial charge is 0.294 e. The largest absolute Gasteiger partial charge is 0.433 e. The number of fused-ring (bicyclic) bond motifs is 1. The molecular formula is C14H25BO. The van der Waals surface area contributed by atoms with Crippen LogP contribution in [0, 0.1) is 16.7 Å². The van der Waals surface area contributed by atoms with Crippen LogP contribution in [0.3, 0.4) is 0 Å². The lowest BCUT2D eigenvalue weighted by Gasteiger charge is -2.69. The summed E-state index contributed by atoms with van der Waals surface area (Å²) in [5.41, 5.74) is 0.866. The quantitative estimate of drug-likeness (QED) is 0.504. The number of hydrogen-bond acceptors (Lipinski definition) is 1. The lowest BCUT2D eigenvalue weighted by Crippen LogP contribution is -2.64. The van der Waals surface area contributed by atoms with Crippen LogP contribution in [0.2, 0.25) is 12.6 Å². The van der Waals surface area contributed by atoms with Gasteiger partial charge in [0.25, 0.3) is 6.92 Å². The third-order valence-electron chi connectivity index (χ3n) is 5.71. The van der Waals surface area contributed by atoms with E-state index in [1.807, 2.05) is 6.08 Å². The molecule has 0 amide bonds. The van der Waals surface area contributed by atoms with Crippen molar-refractivity contribution < 1.29 is 4.65 Å². The van der Waals surface area contributed by atoms with Crippen molar-refractivity contribution in [2.24, 2.45) is 16.7 Å². The summed E-state index contributed by atoms with van der Waals surface area (Å²) in [6.45, 7) is 16.2. The summed E-state index contributed by atoms with van der Waals surface area (Å²) in [6, 6.07) is 0. The molecule has 0 N–H and O–H groups in total. The Balaban J connectivity index is 2.16. The first-order chi connectivity index (χ1) is 7.32. The summed E-state index contributed by atoms with van der Waals surface area (Å²) in [4.78, 5) is 0. The van der Waals surface area contributed by atoms with E-state index in [-0.39, 0.29) is 0 Å². The Morgan fingerprint density at radius 1 is 1.31 bits per heavy atom. The first-order valence-corrected chi connectivity index (χ1v) is 6.58. The molecule has 2 heteroatoms. The highest BCUT2D eigenvalue weighted by atomic mass is 16.4. The fourth-order valence-corrected chi connectivity index (χ4v) is 4.18. The molecule has 0 aromatic carbocycles. The van der Waals surface area contributed by atoms with Gasteiger partial charge in [-0.05, 0) is 35.4 Å². The van der Waals surface area contributed by atoms with Gasteiger partial charge in [0.15, 0.2) is 0 Å². The van der Waals surface area contributed by atoms with Crippen LogP contribution in [0.1, 0.15) is 40.5 Å². The van der Waals surface area contributed by atoms with Gasteiger partial charge in [0, 0.05) is 6.10 Å². The molecule has 0 radical (unpaired) electrons. The Morgan fingerprint density at radius 3 is 2.50 bits per heavy atom. The van der Waals surface area contributed by atoms with Crippen molar-refractivity contribution in [3.8, 4) is 0 Å². The van der Waals surface area contributed by atoms with Crippen LogP contribution < -0.4 is 0 Å². The first-order valence-electron chi connectivity index (χ1n) is 6.58. The Bertz CT molecular complexity index is 295. The van der Waals surface area contributed by atoms with Crippen molar-refractivity contribution in [2.45, 2.75) is 59.3 Å². The molecule has 1 nitrogen and oxygen atoms in total. The van der Waals surface area contributed by atoms with Gasteiger partial charge in [-0.2, -0.15) is 0 Å². The van der Waals surface area contributed by atoms with Crippen molar-refractivity contribution in [1.29, 1.82) is 0 Å². The average molecular weight is 220 g/mol. The topological polar surface area (TPSA) is 9.23 Å². The molecule has 2 aliphatic rings. The van der Waals surface area contributed by atoms with E-state index >= 15 is 0 Å². The highest BCUT2D eigenvalue weighted by molar-refractivity contribution is 6.53. The molecule has 0 spiro atoms. The fraction of sp³-hybridized carbons (Fsp3) is 0.857. The molecule has 3 unspecified atom stereocenters. The zero-order valence-corrected chi connectivity index (χ0v) is 11.4. The van der Waals surface area contributed by atoms with Crippen LogP contribution in [0.5, 0.6) is 0 Å². The predicted octanol–water partition coefficient (Wildman–Crippen LogP) is 4.03. The second kappa shape index (κ2) is 3.63. The van der Waals surface area contributed by atoms with Gasteiger partial charge in [0.2, 0.25) is 0 Å². The van der Waals surface area contributed by atoms with Gasteiger partial charge in [-0.3, -0.25) is 0 Å². The minimum absolute atomic E-state index is 0.407. The maximum Gasteiger partial charge on any atom is 0.294 e. The van der Waals surface area contributed by atoms with Gasteiger partial charge >= 0.3 is 0 Å². The molecule has 2 rings (SSSR count). The number of rotatable bonds is 2. The van der Waals surface area contributed by atoms with E-state index < -0.39 is 0 Å². The standard InChI is InChI=1S/C14H25BO/c1-7-8-10-9-11-12(15(6)16-10)14(4,5)13(11,2)3/h7,10-12H,1,8-9H2,2-6H3. The molecule has 1 aliphatic heterocycles. The molecule has 0 aromatic heterocycles. The Kier molecular flexibility index (Phi) is 2.77. The highest BCUT2D eigenvalue weighted by Crippen LogP contribution is 2.71. The van der Waals surface area contributed by atoms with E-state index in [2.05, 4.69) is 41.1 Å². The van der Waals surface area contributed by atoms with Gasteiger partial charge < -0.3 is 4.65 Å². The van der Waals surface area contributed by atoms with E-state index in [9.17, 15) is 0 Å². The zero-order valence-electron chi connectivity index (χ0n) is 11.4. The van der Waals surface area contributed by atoms with Crippen molar-refractivity contribution in [1.82, 2.24) is 0 Å². The summed E-state index contributed by atoms with van der Waals surface area (Å²) < 4.78 is 6.12. The van der Waals surface area contributed by atoms with E-state index in [1.165, 1.54) is 6.42 Å². The lowest BCUT2D eigenvalue weighted by atomic mass is 9.27. The van der Waals surface area contributed by atoms with Gasteiger partial charge in [-0.15, -0.1) is 6.58 Å². The molecule has 0 aromatic rings. The van der Waals surface area contributed by atoms with Gasteiger partial charge in [0.05, 0.1) is 0 Å². The molecule has 2 fully saturated rings. The second-order valence-electron chi connectivity index (χ2n) is 6.80. The van der Waals surface area contributed by atoms with Crippen LogP contribution >= 0.6 is 0 Å². The molecule has 3 atom stereocenters. The van der Waals surface area contributed by atoms with Crippen LogP contribution in [0.4, 0.5) is 0 Å². The molecule has 1 heterocycles. The Hall–Kier alpha value is -0.235. The normalized spacial score (nSPS) is 39.8. The van der Waals surface area contributed by atoms with Gasteiger partial charge in [-0.1, -0.05) is 40.6 Å². The molecule has 1 aliphatic carbocycles. The molecule has 0 bridgehead atoms. The highest BCUT2D eigenvalue weighted by Gasteiger charge is 2.65. The zero-order chi connectivity index (χ0) is 12.1. The maximum absolute atomic E-state index is 6.12. The van der Waals surface area contributed by atoms with Gasteiger partial charge in [-0.25, -0.2) is 0 Å². The Morgan fingerprint density at radius 2 is 1.94 bits per heavy atom. The average Bonchev–Trinajstić information content (AvgIpc) is 2.16. The lowest BCUT2D eigenvalue weighted by molar-refractivity contribution is -0.132. The third-order valence-corrected chi connectivity index (χ3v) is 5.71. The summed E-state index contributed by atoms with van der Waals surface area (Å²) in [5, 5.41) is 0. The molecular weight excluding hydrogens is 195 g/mol. The van der Waals surface area contributed by atoms with Crippen molar-refractivity contribution in [3.63, 3.8) is 0 Å². The third kappa shape index (κ3) is 1.42. The molecule has 1 saturated carbocycles. The molecule has 16 heavy (non-hydrogen) atoms. The van der Waals surface area contributed by atoms with Crippen LogP contribution in [-0.4, -0.2) is 13.0 Å². The summed E-state index contributed by atoms with van der Waals surface area (Å²) in [5.74, 6) is 1.57.